The fourth-order valence-electron chi connectivity index (χ4n) is 2.08. The Balaban J connectivity index is 1.77. The van der Waals surface area contributed by atoms with E-state index in [4.69, 9.17) is 0 Å². The van der Waals surface area contributed by atoms with Crippen LogP contribution in [0.15, 0.2) is 48.1 Å². The van der Waals surface area contributed by atoms with Gasteiger partial charge in [0.1, 0.15) is 17.9 Å². The number of ether oxygens (including phenoxy) is 1. The number of nitrogens with one attached hydrogen (secondary N) is 1. The summed E-state index contributed by atoms with van der Waals surface area (Å²) in [5.41, 5.74) is 1.79. The molecule has 0 bridgehead atoms. The van der Waals surface area contributed by atoms with Gasteiger partial charge in [-0.05, 0) is 35.7 Å². The number of hydrogen-bond acceptors (Lipinski definition) is 6. The second-order valence-electron chi connectivity index (χ2n) is 4.80. The van der Waals surface area contributed by atoms with E-state index in [1.165, 1.54) is 41.9 Å². The van der Waals surface area contributed by atoms with Gasteiger partial charge in [-0.2, -0.15) is 0 Å². The van der Waals surface area contributed by atoms with Crippen molar-refractivity contribution < 1.29 is 22.7 Å². The van der Waals surface area contributed by atoms with Crippen molar-refractivity contribution in [2.45, 2.75) is 6.36 Å². The number of rotatable bonds is 5. The Morgan fingerprint density at radius 1 is 1.12 bits per heavy atom. The Kier molecular flexibility index (Phi) is 4.66. The zero-order valence-electron chi connectivity index (χ0n) is 12.4. The van der Waals surface area contributed by atoms with E-state index in [0.29, 0.717) is 27.6 Å². The smallest absolute Gasteiger partial charge is 0.406 e. The van der Waals surface area contributed by atoms with E-state index >= 15 is 0 Å². The molecule has 0 atom stereocenters. The van der Waals surface area contributed by atoms with Crippen LogP contribution in [0.25, 0.3) is 11.3 Å². The molecule has 0 spiro atoms. The number of anilines is 2. The molecule has 5 nitrogen and oxygen atoms in total. The van der Waals surface area contributed by atoms with Gasteiger partial charge in [-0.15, -0.1) is 24.5 Å². The summed E-state index contributed by atoms with van der Waals surface area (Å²) in [4.78, 5) is 19.8. The molecule has 0 aliphatic heterocycles. The molecule has 1 aromatic carbocycles. The highest BCUT2D eigenvalue weighted by molar-refractivity contribution is 7.12. The highest BCUT2D eigenvalue weighted by Gasteiger charge is 2.30. The molecule has 2 aromatic heterocycles. The van der Waals surface area contributed by atoms with Crippen LogP contribution in [-0.2, 0) is 0 Å². The van der Waals surface area contributed by atoms with Crippen LogP contribution in [0.2, 0.25) is 0 Å². The van der Waals surface area contributed by atoms with Crippen molar-refractivity contribution in [2.24, 2.45) is 0 Å². The normalized spacial score (nSPS) is 11.2. The first-order valence-corrected chi connectivity index (χ1v) is 7.80. The number of halogens is 3. The summed E-state index contributed by atoms with van der Waals surface area (Å²) in [5.74, 6) is 0.132. The van der Waals surface area contributed by atoms with Gasteiger partial charge < -0.3 is 10.1 Å². The van der Waals surface area contributed by atoms with Crippen molar-refractivity contribution >= 4 is 29.1 Å². The fourth-order valence-corrected chi connectivity index (χ4v) is 2.79. The molecule has 0 aliphatic carbocycles. The second-order valence-corrected chi connectivity index (χ2v) is 5.75. The maximum atomic E-state index is 12.2. The summed E-state index contributed by atoms with van der Waals surface area (Å²) < 4.78 is 40.3. The molecule has 3 rings (SSSR count). The third-order valence-corrected chi connectivity index (χ3v) is 3.95. The Morgan fingerprint density at radius 2 is 1.88 bits per heavy atom. The molecule has 0 saturated carbocycles. The number of thiophene rings is 1. The molecule has 1 N–H and O–H groups in total. The van der Waals surface area contributed by atoms with Crippen LogP contribution in [0.5, 0.6) is 5.75 Å². The predicted octanol–water partition coefficient (Wildman–Crippen LogP) is 4.66. The van der Waals surface area contributed by atoms with Gasteiger partial charge in [-0.1, -0.05) is 0 Å². The van der Waals surface area contributed by atoms with E-state index in [0.717, 1.165) is 6.29 Å². The van der Waals surface area contributed by atoms with Crippen LogP contribution < -0.4 is 10.1 Å². The minimum absolute atomic E-state index is 0.310. The maximum Gasteiger partial charge on any atom is 0.573 e. The topological polar surface area (TPSA) is 64.1 Å². The number of carbonyl (C=O) groups is 1. The second kappa shape index (κ2) is 6.89. The van der Waals surface area contributed by atoms with Crippen LogP contribution in [0, 0.1) is 0 Å². The Labute approximate surface area is 144 Å². The summed E-state index contributed by atoms with van der Waals surface area (Å²) >= 11 is 1.31. The van der Waals surface area contributed by atoms with E-state index in [2.05, 4.69) is 20.0 Å². The van der Waals surface area contributed by atoms with Crippen LogP contribution in [0.4, 0.5) is 24.7 Å². The van der Waals surface area contributed by atoms with Crippen LogP contribution in [0.1, 0.15) is 9.67 Å². The molecule has 0 amide bonds. The maximum absolute atomic E-state index is 12.2. The van der Waals surface area contributed by atoms with E-state index in [-0.39, 0.29) is 5.75 Å². The number of hydrogen-bond donors (Lipinski definition) is 1. The minimum atomic E-state index is -4.73. The summed E-state index contributed by atoms with van der Waals surface area (Å²) in [6.07, 6.45) is -2.63. The van der Waals surface area contributed by atoms with E-state index < -0.39 is 6.36 Å². The molecule has 3 aromatic rings. The van der Waals surface area contributed by atoms with Crippen molar-refractivity contribution in [1.82, 2.24) is 9.97 Å². The number of carbonyl (C=O) groups excluding carboxylic acids is 1. The lowest BCUT2D eigenvalue weighted by molar-refractivity contribution is -0.274. The quantitative estimate of drug-likeness (QED) is 0.666. The molecular formula is C16H10F3N3O2S. The van der Waals surface area contributed by atoms with Gasteiger partial charge in [0, 0.05) is 17.3 Å². The lowest BCUT2D eigenvalue weighted by Crippen LogP contribution is -2.16. The molecule has 0 radical (unpaired) electrons. The molecular weight excluding hydrogens is 355 g/mol. The molecule has 0 aliphatic rings. The van der Waals surface area contributed by atoms with E-state index in [1.54, 1.807) is 17.5 Å². The van der Waals surface area contributed by atoms with Gasteiger partial charge in [0.15, 0.2) is 6.29 Å². The van der Waals surface area contributed by atoms with E-state index in [1.807, 2.05) is 0 Å². The zero-order chi connectivity index (χ0) is 17.9. The van der Waals surface area contributed by atoms with Crippen molar-refractivity contribution in [3.05, 3.63) is 53.0 Å². The number of benzene rings is 1. The highest BCUT2D eigenvalue weighted by Crippen LogP contribution is 2.28. The van der Waals surface area contributed by atoms with Crippen molar-refractivity contribution in [1.29, 1.82) is 0 Å². The summed E-state index contributed by atoms with van der Waals surface area (Å²) in [7, 11) is 0. The first kappa shape index (κ1) is 16.9. The summed E-state index contributed by atoms with van der Waals surface area (Å²) in [6.45, 7) is 0. The number of nitrogens with zero attached hydrogens (tertiary/aromatic N) is 2. The van der Waals surface area contributed by atoms with Gasteiger partial charge in [0.25, 0.3) is 0 Å². The molecule has 128 valence electrons. The molecule has 2 heterocycles. The van der Waals surface area contributed by atoms with Crippen molar-refractivity contribution in [3.8, 4) is 17.0 Å². The Bertz CT molecular complexity index is 879. The first-order chi connectivity index (χ1) is 11.9. The summed E-state index contributed by atoms with van der Waals surface area (Å²) in [5, 5.41) is 4.75. The van der Waals surface area contributed by atoms with Crippen LogP contribution in [-0.4, -0.2) is 22.6 Å². The Hall–Kier alpha value is -2.94. The standard InChI is InChI=1S/C16H10F3N3O2S/c17-16(18,19)24-11-3-1-10(2-4-11)22-15-7-13(20-9-21-15)12-5-6-25-14(12)8-23/h1-9H,(H,20,21,22). The van der Waals surface area contributed by atoms with Gasteiger partial charge in [-0.3, -0.25) is 4.79 Å². The lowest BCUT2D eigenvalue weighted by atomic mass is 10.2. The largest absolute Gasteiger partial charge is 0.573 e. The third kappa shape index (κ3) is 4.32. The zero-order valence-corrected chi connectivity index (χ0v) is 13.3. The first-order valence-electron chi connectivity index (χ1n) is 6.92. The summed E-state index contributed by atoms with van der Waals surface area (Å²) in [6, 6.07) is 8.69. The molecule has 0 saturated heterocycles. The number of aldehydes is 1. The number of alkyl halides is 3. The highest BCUT2D eigenvalue weighted by atomic mass is 32.1. The van der Waals surface area contributed by atoms with Gasteiger partial charge in [0.2, 0.25) is 0 Å². The van der Waals surface area contributed by atoms with Crippen molar-refractivity contribution in [2.75, 3.05) is 5.32 Å². The van der Waals surface area contributed by atoms with Gasteiger partial charge in [0.05, 0.1) is 10.6 Å². The average Bonchev–Trinajstić information content (AvgIpc) is 3.04. The fraction of sp³-hybridized carbons (Fsp3) is 0.0625. The molecule has 0 fully saturated rings. The van der Waals surface area contributed by atoms with Crippen LogP contribution in [0.3, 0.4) is 0 Å². The SMILES string of the molecule is O=Cc1sccc1-c1cc(Nc2ccc(OC(F)(F)F)cc2)ncn1. The average molecular weight is 365 g/mol. The molecule has 25 heavy (non-hydrogen) atoms. The third-order valence-electron chi connectivity index (χ3n) is 3.11. The van der Waals surface area contributed by atoms with E-state index in [9.17, 15) is 18.0 Å². The van der Waals surface area contributed by atoms with Gasteiger partial charge in [-0.25, -0.2) is 9.97 Å². The van der Waals surface area contributed by atoms with Crippen molar-refractivity contribution in [3.63, 3.8) is 0 Å². The van der Waals surface area contributed by atoms with Gasteiger partial charge >= 0.3 is 6.36 Å². The number of aromatic nitrogens is 2. The van der Waals surface area contributed by atoms with Crippen LogP contribution >= 0.6 is 11.3 Å². The minimum Gasteiger partial charge on any atom is -0.406 e. The molecule has 0 unspecified atom stereocenters. The monoisotopic (exact) mass is 365 g/mol. The molecule has 9 heteroatoms. The lowest BCUT2D eigenvalue weighted by Gasteiger charge is -2.10. The predicted molar refractivity (Wildman–Crippen MR) is 87.1 cm³/mol. The Morgan fingerprint density at radius 3 is 2.56 bits per heavy atom.